The third-order valence-corrected chi connectivity index (χ3v) is 3.99. The average Bonchev–Trinajstić information content (AvgIpc) is 2.83. The molecule has 2 aromatic rings. The molecule has 0 spiro atoms. The van der Waals surface area contributed by atoms with E-state index in [1.165, 1.54) is 0 Å². The van der Waals surface area contributed by atoms with Gasteiger partial charge in [0.25, 0.3) is 5.91 Å². The largest absolute Gasteiger partial charge is 0.305 e. The summed E-state index contributed by atoms with van der Waals surface area (Å²) in [5.41, 5.74) is 2.11. The van der Waals surface area contributed by atoms with E-state index in [1.807, 2.05) is 36.4 Å². The van der Waals surface area contributed by atoms with Crippen LogP contribution in [0.3, 0.4) is 0 Å². The summed E-state index contributed by atoms with van der Waals surface area (Å²) in [4.78, 5) is 16.4. The molecule has 3 nitrogen and oxygen atoms in total. The number of halogens is 2. The number of nitrogens with zero attached hydrogens (tertiary/aromatic N) is 1. The van der Waals surface area contributed by atoms with Crippen molar-refractivity contribution in [2.75, 3.05) is 0 Å². The highest BCUT2D eigenvalue weighted by Crippen LogP contribution is 2.21. The number of amidine groups is 1. The molecule has 0 saturated carbocycles. The number of hydrogen-bond acceptors (Lipinski definition) is 2. The monoisotopic (exact) mass is 360 g/mol. The van der Waals surface area contributed by atoms with Gasteiger partial charge in [0.2, 0.25) is 0 Å². The second kappa shape index (κ2) is 5.84. The third kappa shape index (κ3) is 3.06. The van der Waals surface area contributed by atoms with E-state index in [9.17, 15) is 4.79 Å². The highest BCUT2D eigenvalue weighted by molar-refractivity contribution is 9.10. The Morgan fingerprint density at radius 3 is 2.52 bits per heavy atom. The number of rotatable bonds is 2. The summed E-state index contributed by atoms with van der Waals surface area (Å²) in [5.74, 6) is 0.325. The molecule has 0 saturated heterocycles. The fraction of sp³-hybridized carbons (Fsp3) is 0. The summed E-state index contributed by atoms with van der Waals surface area (Å²) >= 11 is 9.31. The Balaban J connectivity index is 1.96. The molecule has 0 fully saturated rings. The molecule has 1 N–H and O–H groups in total. The Hall–Kier alpha value is -1.91. The van der Waals surface area contributed by atoms with Gasteiger partial charge in [-0.2, -0.15) is 0 Å². The van der Waals surface area contributed by atoms with Crippen molar-refractivity contribution in [3.05, 3.63) is 74.9 Å². The fourth-order valence-electron chi connectivity index (χ4n) is 1.95. The highest BCUT2D eigenvalue weighted by atomic mass is 79.9. The molecule has 0 atom stereocenters. The van der Waals surface area contributed by atoms with Crippen LogP contribution in [0.2, 0.25) is 5.02 Å². The molecule has 1 amide bonds. The first-order chi connectivity index (χ1) is 10.1. The first-order valence-corrected chi connectivity index (χ1v) is 7.43. The van der Waals surface area contributed by atoms with Crippen LogP contribution in [-0.4, -0.2) is 11.7 Å². The lowest BCUT2D eigenvalue weighted by Gasteiger charge is -1.99. The zero-order valence-electron chi connectivity index (χ0n) is 10.8. The number of benzene rings is 2. The van der Waals surface area contributed by atoms with Gasteiger partial charge < -0.3 is 5.32 Å². The summed E-state index contributed by atoms with van der Waals surface area (Å²) in [5, 5.41) is 3.41. The second-order valence-corrected chi connectivity index (χ2v) is 5.76. The van der Waals surface area contributed by atoms with Gasteiger partial charge in [-0.15, -0.1) is 0 Å². The molecule has 0 bridgehead atoms. The van der Waals surface area contributed by atoms with Crippen LogP contribution in [0, 0.1) is 0 Å². The molecule has 1 heterocycles. The lowest BCUT2D eigenvalue weighted by molar-refractivity contribution is -0.115. The molecule has 1 aliphatic rings. The molecule has 104 valence electrons. The van der Waals surface area contributed by atoms with Crippen molar-refractivity contribution >= 4 is 45.3 Å². The van der Waals surface area contributed by atoms with E-state index in [-0.39, 0.29) is 5.91 Å². The molecular weight excluding hydrogens is 352 g/mol. The molecule has 1 aliphatic heterocycles. The maximum absolute atomic E-state index is 12.0. The summed E-state index contributed by atoms with van der Waals surface area (Å²) in [7, 11) is 0. The number of aliphatic imine (C=N–C) groups is 1. The number of nitrogens with one attached hydrogen (secondary N) is 1. The molecule has 5 heteroatoms. The molecule has 2 aromatic carbocycles. The Kier molecular flexibility index (Phi) is 3.90. The lowest BCUT2D eigenvalue weighted by atomic mass is 10.2. The van der Waals surface area contributed by atoms with E-state index in [2.05, 4.69) is 26.2 Å². The van der Waals surface area contributed by atoms with Crippen molar-refractivity contribution in [3.8, 4) is 0 Å². The van der Waals surface area contributed by atoms with Crippen molar-refractivity contribution in [1.82, 2.24) is 5.32 Å². The fourth-order valence-corrected chi connectivity index (χ4v) is 2.48. The number of amides is 1. The van der Waals surface area contributed by atoms with Crippen LogP contribution >= 0.6 is 27.5 Å². The summed E-state index contributed by atoms with van der Waals surface area (Å²) in [6.45, 7) is 0. The van der Waals surface area contributed by atoms with Crippen LogP contribution in [0.5, 0.6) is 0 Å². The van der Waals surface area contributed by atoms with E-state index in [4.69, 9.17) is 11.6 Å². The normalized spacial score (nSPS) is 16.0. The first kappa shape index (κ1) is 14.0. The van der Waals surface area contributed by atoms with Crippen LogP contribution in [0.1, 0.15) is 11.1 Å². The van der Waals surface area contributed by atoms with Crippen LogP contribution in [0.25, 0.3) is 6.08 Å². The Labute approximate surface area is 135 Å². The number of hydrogen-bond donors (Lipinski definition) is 1. The predicted octanol–water partition coefficient (Wildman–Crippen LogP) is 4.02. The van der Waals surface area contributed by atoms with Crippen molar-refractivity contribution < 1.29 is 4.79 Å². The molecule has 0 aromatic heterocycles. The van der Waals surface area contributed by atoms with E-state index in [1.54, 1.807) is 18.2 Å². The van der Waals surface area contributed by atoms with Crippen molar-refractivity contribution in [3.63, 3.8) is 0 Å². The predicted molar refractivity (Wildman–Crippen MR) is 88.3 cm³/mol. The van der Waals surface area contributed by atoms with Crippen molar-refractivity contribution in [2.45, 2.75) is 0 Å². The zero-order chi connectivity index (χ0) is 14.8. The van der Waals surface area contributed by atoms with Crippen LogP contribution < -0.4 is 5.32 Å². The summed E-state index contributed by atoms with van der Waals surface area (Å²) in [6, 6.07) is 14.8. The van der Waals surface area contributed by atoms with E-state index in [0.717, 1.165) is 15.6 Å². The Morgan fingerprint density at radius 2 is 1.81 bits per heavy atom. The second-order valence-electron chi connectivity index (χ2n) is 4.47. The number of carbonyl (C=O) groups excluding carboxylic acids is 1. The minimum absolute atomic E-state index is 0.212. The van der Waals surface area contributed by atoms with Gasteiger partial charge in [-0.05, 0) is 42.0 Å². The van der Waals surface area contributed by atoms with Gasteiger partial charge in [-0.3, -0.25) is 4.79 Å². The van der Waals surface area contributed by atoms with Gasteiger partial charge in [-0.1, -0.05) is 45.7 Å². The van der Waals surface area contributed by atoms with Crippen LogP contribution in [0.4, 0.5) is 0 Å². The minimum atomic E-state index is -0.212. The SMILES string of the molecule is O=C1NC(c2ccc(Cl)cc2)=N/C1=C\c1ccccc1Br. The van der Waals surface area contributed by atoms with E-state index >= 15 is 0 Å². The van der Waals surface area contributed by atoms with Gasteiger partial charge in [-0.25, -0.2) is 4.99 Å². The third-order valence-electron chi connectivity index (χ3n) is 3.01. The summed E-state index contributed by atoms with van der Waals surface area (Å²) < 4.78 is 0.917. The van der Waals surface area contributed by atoms with Crippen LogP contribution in [0.15, 0.2) is 63.7 Å². The van der Waals surface area contributed by atoms with Gasteiger partial charge in [0.15, 0.2) is 0 Å². The maximum Gasteiger partial charge on any atom is 0.275 e. The average molecular weight is 362 g/mol. The maximum atomic E-state index is 12.0. The Bertz CT molecular complexity index is 766. The number of carbonyl (C=O) groups is 1. The van der Waals surface area contributed by atoms with Gasteiger partial charge in [0, 0.05) is 15.1 Å². The molecular formula is C16H10BrClN2O. The topological polar surface area (TPSA) is 41.5 Å². The lowest BCUT2D eigenvalue weighted by Crippen LogP contribution is -2.24. The molecule has 0 aliphatic carbocycles. The van der Waals surface area contributed by atoms with Gasteiger partial charge >= 0.3 is 0 Å². The first-order valence-electron chi connectivity index (χ1n) is 6.26. The van der Waals surface area contributed by atoms with E-state index < -0.39 is 0 Å². The quantitative estimate of drug-likeness (QED) is 0.807. The molecule has 0 unspecified atom stereocenters. The van der Waals surface area contributed by atoms with E-state index in [0.29, 0.717) is 16.6 Å². The zero-order valence-corrected chi connectivity index (χ0v) is 13.1. The van der Waals surface area contributed by atoms with Crippen molar-refractivity contribution in [2.24, 2.45) is 4.99 Å². The smallest absolute Gasteiger partial charge is 0.275 e. The Morgan fingerprint density at radius 1 is 1.10 bits per heavy atom. The minimum Gasteiger partial charge on any atom is -0.305 e. The molecule has 21 heavy (non-hydrogen) atoms. The van der Waals surface area contributed by atoms with Crippen LogP contribution in [-0.2, 0) is 4.79 Å². The summed E-state index contributed by atoms with van der Waals surface area (Å²) in [6.07, 6.45) is 1.75. The molecule has 3 rings (SSSR count). The highest BCUT2D eigenvalue weighted by Gasteiger charge is 2.21. The molecule has 0 radical (unpaired) electrons. The van der Waals surface area contributed by atoms with Crippen molar-refractivity contribution in [1.29, 1.82) is 0 Å². The van der Waals surface area contributed by atoms with Gasteiger partial charge in [0.1, 0.15) is 11.5 Å². The standard InChI is InChI=1S/C16H10BrClN2O/c17-13-4-2-1-3-11(13)9-14-16(21)20-15(19-14)10-5-7-12(18)8-6-10/h1-9H,(H,19,20,21)/b14-9-. The van der Waals surface area contributed by atoms with Gasteiger partial charge in [0.05, 0.1) is 0 Å².